The normalized spacial score (nSPS) is 11.8. The van der Waals surface area contributed by atoms with E-state index in [0.29, 0.717) is 18.6 Å². The number of thiophene rings is 1. The van der Waals surface area contributed by atoms with Gasteiger partial charge in [0.1, 0.15) is 17.1 Å². The van der Waals surface area contributed by atoms with Crippen molar-refractivity contribution in [1.82, 2.24) is 5.32 Å². The highest BCUT2D eigenvalue weighted by molar-refractivity contribution is 7.11. The van der Waals surface area contributed by atoms with E-state index in [1.54, 1.807) is 19.9 Å². The molecule has 1 atom stereocenters. The highest BCUT2D eigenvalue weighted by Crippen LogP contribution is 2.26. The monoisotopic (exact) mass is 537 g/mol. The molecule has 2 rings (SSSR count). The number of aryl methyl sites for hydroxylation is 2. The Hall–Kier alpha value is -2.94. The first kappa shape index (κ1) is 32.1. The Kier molecular flexibility index (Phi) is 15.2. The molecule has 0 aliphatic rings. The predicted molar refractivity (Wildman–Crippen MR) is 145 cm³/mol. The summed E-state index contributed by atoms with van der Waals surface area (Å²) in [5, 5.41) is 12.4. The van der Waals surface area contributed by atoms with Crippen molar-refractivity contribution in [2.24, 2.45) is 5.92 Å². The number of amides is 1. The second-order valence-electron chi connectivity index (χ2n) is 8.95. The van der Waals surface area contributed by atoms with Gasteiger partial charge < -0.3 is 14.3 Å². The van der Waals surface area contributed by atoms with Gasteiger partial charge in [0.25, 0.3) is 0 Å². The van der Waals surface area contributed by atoms with E-state index in [-0.39, 0.29) is 23.9 Å². The molecule has 0 radical (unpaired) electrons. The maximum atomic E-state index is 12.0. The fourth-order valence-electron chi connectivity index (χ4n) is 3.33. The lowest BCUT2D eigenvalue weighted by molar-refractivity contribution is 0.0931. The molecule has 0 saturated carbocycles. The molecular weight excluding hydrogens is 497 g/mol. The first-order valence-corrected chi connectivity index (χ1v) is 13.5. The van der Waals surface area contributed by atoms with Gasteiger partial charge in [0.05, 0.1) is 13.8 Å². The van der Waals surface area contributed by atoms with Crippen molar-refractivity contribution >= 4 is 23.2 Å². The summed E-state index contributed by atoms with van der Waals surface area (Å²) < 4.78 is 21.4. The third kappa shape index (κ3) is 11.8. The van der Waals surface area contributed by atoms with Gasteiger partial charge in [0.15, 0.2) is 5.78 Å². The summed E-state index contributed by atoms with van der Waals surface area (Å²) in [7, 11) is 1.27. The van der Waals surface area contributed by atoms with Crippen LogP contribution in [0.15, 0.2) is 39.7 Å². The zero-order chi connectivity index (χ0) is 27.8. The quantitative estimate of drug-likeness (QED) is 0.212. The SMILES string of the molecule is CCc1ccc(CCCCCF)s1.COC(=O)N/C=C/CCC(C)c1cc(O)c(C(=O)C(C)C)c(=O)o1. The van der Waals surface area contributed by atoms with Crippen molar-refractivity contribution in [3.05, 3.63) is 62.0 Å². The van der Waals surface area contributed by atoms with E-state index < -0.39 is 23.4 Å². The zero-order valence-corrected chi connectivity index (χ0v) is 23.3. The molecular formula is C28H40FNO6S. The van der Waals surface area contributed by atoms with Gasteiger partial charge in [-0.2, -0.15) is 0 Å². The molecule has 7 nitrogen and oxygen atoms in total. The number of allylic oxidation sites excluding steroid dienone is 1. The van der Waals surface area contributed by atoms with Crippen molar-refractivity contribution in [3.8, 4) is 5.75 Å². The van der Waals surface area contributed by atoms with E-state index >= 15 is 0 Å². The molecule has 2 heterocycles. The summed E-state index contributed by atoms with van der Waals surface area (Å²) in [4.78, 5) is 37.7. The van der Waals surface area contributed by atoms with E-state index in [2.05, 4.69) is 29.1 Å². The number of ether oxygens (including phenoxy) is 1. The molecule has 0 bridgehead atoms. The van der Waals surface area contributed by atoms with Gasteiger partial charge in [0, 0.05) is 33.9 Å². The number of methoxy groups -OCH3 is 1. The minimum Gasteiger partial charge on any atom is -0.507 e. The number of nitrogens with one attached hydrogen (secondary N) is 1. The van der Waals surface area contributed by atoms with Crippen molar-refractivity contribution in [3.63, 3.8) is 0 Å². The van der Waals surface area contributed by atoms with Crippen LogP contribution >= 0.6 is 11.3 Å². The van der Waals surface area contributed by atoms with Crippen molar-refractivity contribution in [1.29, 1.82) is 0 Å². The van der Waals surface area contributed by atoms with Crippen LogP contribution in [0, 0.1) is 5.92 Å². The maximum absolute atomic E-state index is 12.0. The molecule has 2 aromatic heterocycles. The number of hydrogen-bond donors (Lipinski definition) is 2. The lowest BCUT2D eigenvalue weighted by atomic mass is 9.99. The average Bonchev–Trinajstić information content (AvgIpc) is 3.34. The minimum atomic E-state index is -0.821. The molecule has 9 heteroatoms. The predicted octanol–water partition coefficient (Wildman–Crippen LogP) is 6.93. The number of hydrogen-bond acceptors (Lipinski definition) is 7. The number of Topliss-reactive ketones (excluding diaryl/α,β-unsaturated/α-hetero) is 1. The molecule has 0 fully saturated rings. The van der Waals surface area contributed by atoms with E-state index in [4.69, 9.17) is 4.42 Å². The molecule has 0 saturated heterocycles. The Morgan fingerprint density at radius 3 is 2.46 bits per heavy atom. The third-order valence-corrected chi connectivity index (χ3v) is 6.89. The van der Waals surface area contributed by atoms with Gasteiger partial charge in [-0.15, -0.1) is 11.3 Å². The number of carbonyl (C=O) groups is 2. The topological polar surface area (TPSA) is 106 Å². The number of carbonyl (C=O) groups excluding carboxylic acids is 2. The number of unbranched alkanes of at least 4 members (excludes halogenated alkanes) is 2. The Balaban J connectivity index is 0.000000442. The van der Waals surface area contributed by atoms with Gasteiger partial charge in [-0.25, -0.2) is 9.59 Å². The number of aromatic hydroxyl groups is 1. The fourth-order valence-corrected chi connectivity index (χ4v) is 4.33. The summed E-state index contributed by atoms with van der Waals surface area (Å²) in [6, 6.07) is 5.73. The second kappa shape index (κ2) is 17.5. The first-order valence-electron chi connectivity index (χ1n) is 12.7. The Morgan fingerprint density at radius 1 is 1.19 bits per heavy atom. The van der Waals surface area contributed by atoms with E-state index in [9.17, 15) is 23.9 Å². The molecule has 1 unspecified atom stereocenters. The largest absolute Gasteiger partial charge is 0.507 e. The highest BCUT2D eigenvalue weighted by Gasteiger charge is 2.22. The molecule has 0 aliphatic heterocycles. The van der Waals surface area contributed by atoms with Crippen LogP contribution in [-0.4, -0.2) is 30.8 Å². The van der Waals surface area contributed by atoms with Crippen molar-refractivity contribution in [2.45, 2.75) is 78.6 Å². The van der Waals surface area contributed by atoms with Gasteiger partial charge in [-0.3, -0.25) is 14.5 Å². The number of alkyl halides is 1. The molecule has 37 heavy (non-hydrogen) atoms. The number of halogens is 1. The smallest absolute Gasteiger partial charge is 0.410 e. The number of ketones is 1. The van der Waals surface area contributed by atoms with Gasteiger partial charge >= 0.3 is 11.7 Å². The zero-order valence-electron chi connectivity index (χ0n) is 22.5. The van der Waals surface area contributed by atoms with Crippen LogP contribution in [-0.2, 0) is 17.6 Å². The Morgan fingerprint density at radius 2 is 1.89 bits per heavy atom. The van der Waals surface area contributed by atoms with Crippen molar-refractivity contribution < 1.29 is 28.2 Å². The maximum Gasteiger partial charge on any atom is 0.410 e. The van der Waals surface area contributed by atoms with Gasteiger partial charge in [0.2, 0.25) is 0 Å². The average molecular weight is 538 g/mol. The first-order chi connectivity index (χ1) is 17.6. The molecule has 206 valence electrons. The standard InChI is InChI=1S/C17H23NO6.C11H17FS/c1-10(2)15(20)14-12(19)9-13(24-16(14)21)11(3)7-5-6-8-18-17(22)23-4;1-2-10-7-8-11(13-10)6-4-3-5-9-12/h6,8-11,19H,5,7H2,1-4H3,(H,18,22);7-8H,2-6,9H2,1H3/b8-6+;. The number of rotatable bonds is 13. The molecule has 0 aliphatic carbocycles. The number of alkyl carbamates (subject to hydrolysis) is 1. The van der Waals surface area contributed by atoms with Crippen LogP contribution in [0.5, 0.6) is 5.75 Å². The van der Waals surface area contributed by atoms with Crippen molar-refractivity contribution in [2.75, 3.05) is 13.8 Å². The van der Waals surface area contributed by atoms with Crippen LogP contribution in [0.4, 0.5) is 9.18 Å². The Bertz CT molecular complexity index is 1060. The van der Waals surface area contributed by atoms with Crippen LogP contribution in [0.25, 0.3) is 0 Å². The van der Waals surface area contributed by atoms with E-state index in [1.807, 2.05) is 18.3 Å². The molecule has 0 spiro atoms. The molecule has 2 N–H and O–H groups in total. The molecule has 0 aromatic carbocycles. The van der Waals surface area contributed by atoms with Gasteiger partial charge in [-0.05, 0) is 50.7 Å². The third-order valence-electron chi connectivity index (χ3n) is 5.60. The van der Waals surface area contributed by atoms with E-state index in [0.717, 1.165) is 32.1 Å². The van der Waals surface area contributed by atoms with E-state index in [1.165, 1.54) is 29.1 Å². The Labute approximate surface area is 222 Å². The fraction of sp³-hybridized carbons (Fsp3) is 0.536. The highest BCUT2D eigenvalue weighted by atomic mass is 32.1. The second-order valence-corrected chi connectivity index (χ2v) is 10.2. The summed E-state index contributed by atoms with van der Waals surface area (Å²) in [5.74, 6) is -1.04. The summed E-state index contributed by atoms with van der Waals surface area (Å²) >= 11 is 1.90. The lowest BCUT2D eigenvalue weighted by Gasteiger charge is -2.11. The minimum absolute atomic E-state index is 0.144. The van der Waals surface area contributed by atoms with Gasteiger partial charge in [-0.1, -0.05) is 40.2 Å². The molecule has 1 amide bonds. The van der Waals surface area contributed by atoms with Crippen LogP contribution < -0.4 is 10.9 Å². The van der Waals surface area contributed by atoms with Crippen LogP contribution in [0.2, 0.25) is 0 Å². The summed E-state index contributed by atoms with van der Waals surface area (Å²) in [5.41, 5.74) is -1.12. The lowest BCUT2D eigenvalue weighted by Crippen LogP contribution is -2.19. The van der Waals surface area contributed by atoms with Crippen LogP contribution in [0.3, 0.4) is 0 Å². The summed E-state index contributed by atoms with van der Waals surface area (Å²) in [6.45, 7) is 7.14. The van der Waals surface area contributed by atoms with Crippen LogP contribution in [0.1, 0.15) is 91.6 Å². The summed E-state index contributed by atoms with van der Waals surface area (Å²) in [6.07, 6.45) is 9.04. The molecule has 2 aromatic rings.